The molecule has 2 rings (SSSR count). The number of aromatic carboxylic acids is 1. The number of nitrogens with zero attached hydrogens (tertiary/aromatic N) is 2. The number of pyridine rings is 2. The number of halogens is 4. The molecule has 6 nitrogen and oxygen atoms in total. The SMILES string of the molecule is COC(=O)c1cnc(Br)cc1Cl.O=C(O)c1cnc(Br)cc1Cl. The van der Waals surface area contributed by atoms with Crippen molar-refractivity contribution in [3.8, 4) is 0 Å². The van der Waals surface area contributed by atoms with E-state index < -0.39 is 11.9 Å². The second-order valence-electron chi connectivity index (χ2n) is 3.77. The van der Waals surface area contributed by atoms with Gasteiger partial charge < -0.3 is 9.84 Å². The van der Waals surface area contributed by atoms with Crippen LogP contribution in [0, 0.1) is 0 Å². The molecule has 0 aliphatic rings. The third kappa shape index (κ3) is 6.06. The normalized spacial score (nSPS) is 9.61. The number of esters is 1. The van der Waals surface area contributed by atoms with Crippen LogP contribution in [0.15, 0.2) is 33.7 Å². The molecular weight excluding hydrogens is 479 g/mol. The molecule has 23 heavy (non-hydrogen) atoms. The van der Waals surface area contributed by atoms with Gasteiger partial charge in [-0.15, -0.1) is 0 Å². The Hall–Kier alpha value is -1.22. The van der Waals surface area contributed by atoms with E-state index in [-0.39, 0.29) is 16.1 Å². The van der Waals surface area contributed by atoms with Crippen LogP contribution in [-0.2, 0) is 4.74 Å². The number of methoxy groups -OCH3 is 1. The highest BCUT2D eigenvalue weighted by Gasteiger charge is 2.10. The summed E-state index contributed by atoms with van der Waals surface area (Å²) in [5.74, 6) is -1.56. The molecule has 2 heterocycles. The number of ether oxygens (including phenoxy) is 1. The highest BCUT2D eigenvalue weighted by molar-refractivity contribution is 9.10. The van der Waals surface area contributed by atoms with E-state index in [0.29, 0.717) is 14.2 Å². The minimum Gasteiger partial charge on any atom is -0.478 e. The van der Waals surface area contributed by atoms with E-state index in [1.54, 1.807) is 0 Å². The first kappa shape index (κ1) is 19.8. The number of hydrogen-bond donors (Lipinski definition) is 1. The molecule has 0 bridgehead atoms. The fourth-order valence-corrected chi connectivity index (χ4v) is 2.62. The van der Waals surface area contributed by atoms with Crippen LogP contribution in [0.4, 0.5) is 0 Å². The average Bonchev–Trinajstić information content (AvgIpc) is 2.46. The number of aromatic nitrogens is 2. The number of carbonyl (C=O) groups is 2. The summed E-state index contributed by atoms with van der Waals surface area (Å²) >= 11 is 17.5. The summed E-state index contributed by atoms with van der Waals surface area (Å²) in [5.41, 5.74) is 0.275. The number of carbonyl (C=O) groups excluding carboxylic acids is 1. The standard InChI is InChI=1S/C7H5BrClNO2.C6H3BrClNO2/c1-12-7(11)4-3-10-6(8)2-5(4)9;7-5-1-4(8)3(2-9-5)6(10)11/h2-3H,1H3;1-2H,(H,10,11). The summed E-state index contributed by atoms with van der Waals surface area (Å²) in [6.45, 7) is 0. The number of carboxylic acid groups (broad SMARTS) is 1. The fraction of sp³-hybridized carbons (Fsp3) is 0.0769. The van der Waals surface area contributed by atoms with Gasteiger partial charge in [-0.3, -0.25) is 0 Å². The molecule has 0 unspecified atom stereocenters. The van der Waals surface area contributed by atoms with Gasteiger partial charge in [0.05, 0.1) is 28.3 Å². The molecule has 0 amide bonds. The highest BCUT2D eigenvalue weighted by Crippen LogP contribution is 2.19. The Bertz CT molecular complexity index is 744. The minimum absolute atomic E-state index is 0.00914. The Morgan fingerprint density at radius 3 is 1.83 bits per heavy atom. The molecule has 0 saturated carbocycles. The van der Waals surface area contributed by atoms with Crippen LogP contribution in [0.2, 0.25) is 10.0 Å². The average molecular weight is 487 g/mol. The van der Waals surface area contributed by atoms with Gasteiger partial charge in [-0.25, -0.2) is 19.6 Å². The van der Waals surface area contributed by atoms with Crippen LogP contribution < -0.4 is 0 Å². The van der Waals surface area contributed by atoms with E-state index >= 15 is 0 Å². The molecule has 2 aromatic heterocycles. The van der Waals surface area contributed by atoms with Gasteiger partial charge in [0.25, 0.3) is 0 Å². The van der Waals surface area contributed by atoms with Gasteiger partial charge in [-0.1, -0.05) is 23.2 Å². The van der Waals surface area contributed by atoms with Gasteiger partial charge in [0.1, 0.15) is 9.21 Å². The summed E-state index contributed by atoms with van der Waals surface area (Å²) in [7, 11) is 1.29. The predicted octanol–water partition coefficient (Wildman–Crippen LogP) is 4.48. The molecule has 0 aliphatic heterocycles. The Kier molecular flexibility index (Phi) is 7.90. The van der Waals surface area contributed by atoms with Crippen molar-refractivity contribution in [1.82, 2.24) is 9.97 Å². The van der Waals surface area contributed by atoms with Crippen LogP contribution in [0.5, 0.6) is 0 Å². The maximum absolute atomic E-state index is 11.0. The van der Waals surface area contributed by atoms with Crippen molar-refractivity contribution in [2.45, 2.75) is 0 Å². The number of carboxylic acids is 1. The zero-order valence-corrected chi connectivity index (χ0v) is 16.1. The van der Waals surface area contributed by atoms with Crippen molar-refractivity contribution in [2.24, 2.45) is 0 Å². The van der Waals surface area contributed by atoms with E-state index in [1.165, 1.54) is 31.6 Å². The Morgan fingerprint density at radius 1 is 1.04 bits per heavy atom. The van der Waals surface area contributed by atoms with Gasteiger partial charge in [-0.2, -0.15) is 0 Å². The van der Waals surface area contributed by atoms with Crippen LogP contribution >= 0.6 is 55.1 Å². The van der Waals surface area contributed by atoms with Crippen molar-refractivity contribution in [3.63, 3.8) is 0 Å². The third-order valence-corrected chi connectivity index (χ3v) is 3.77. The van der Waals surface area contributed by atoms with Crippen molar-refractivity contribution in [2.75, 3.05) is 7.11 Å². The topological polar surface area (TPSA) is 89.4 Å². The molecule has 0 spiro atoms. The quantitative estimate of drug-likeness (QED) is 0.497. The van der Waals surface area contributed by atoms with E-state index in [2.05, 4.69) is 46.6 Å². The molecule has 0 saturated heterocycles. The van der Waals surface area contributed by atoms with Gasteiger partial charge in [0.2, 0.25) is 0 Å². The first-order chi connectivity index (χ1) is 10.8. The largest absolute Gasteiger partial charge is 0.478 e. The lowest BCUT2D eigenvalue weighted by Crippen LogP contribution is -2.02. The van der Waals surface area contributed by atoms with Crippen molar-refractivity contribution >= 4 is 67.0 Å². The molecule has 1 N–H and O–H groups in total. The van der Waals surface area contributed by atoms with Crippen LogP contribution in [0.25, 0.3) is 0 Å². The summed E-state index contributed by atoms with van der Waals surface area (Å²) in [6, 6.07) is 2.97. The van der Waals surface area contributed by atoms with E-state index in [0.717, 1.165) is 0 Å². The predicted molar refractivity (Wildman–Crippen MR) is 92.2 cm³/mol. The number of hydrogen-bond acceptors (Lipinski definition) is 5. The van der Waals surface area contributed by atoms with Gasteiger partial charge in [0.15, 0.2) is 0 Å². The van der Waals surface area contributed by atoms with E-state index in [4.69, 9.17) is 28.3 Å². The van der Waals surface area contributed by atoms with Crippen molar-refractivity contribution in [1.29, 1.82) is 0 Å². The number of rotatable bonds is 2. The zero-order chi connectivity index (χ0) is 17.6. The lowest BCUT2D eigenvalue weighted by Gasteiger charge is -2.00. The Balaban J connectivity index is 0.000000231. The molecule has 122 valence electrons. The lowest BCUT2D eigenvalue weighted by molar-refractivity contribution is 0.0599. The molecular formula is C13H8Br2Cl2N2O4. The first-order valence-electron chi connectivity index (χ1n) is 5.70. The third-order valence-electron chi connectivity index (χ3n) is 2.28. The van der Waals surface area contributed by atoms with Crippen LogP contribution in [0.3, 0.4) is 0 Å². The van der Waals surface area contributed by atoms with Crippen LogP contribution in [-0.4, -0.2) is 34.1 Å². The molecule has 2 aromatic rings. The molecule has 0 atom stereocenters. The van der Waals surface area contributed by atoms with Gasteiger partial charge >= 0.3 is 11.9 Å². The van der Waals surface area contributed by atoms with E-state index in [9.17, 15) is 9.59 Å². The van der Waals surface area contributed by atoms with Gasteiger partial charge in [-0.05, 0) is 44.0 Å². The zero-order valence-electron chi connectivity index (χ0n) is 11.4. The maximum Gasteiger partial charge on any atom is 0.340 e. The summed E-state index contributed by atoms with van der Waals surface area (Å²) < 4.78 is 5.58. The second kappa shape index (κ2) is 9.17. The summed E-state index contributed by atoms with van der Waals surface area (Å²) in [4.78, 5) is 28.9. The van der Waals surface area contributed by atoms with Crippen LogP contribution in [0.1, 0.15) is 20.7 Å². The monoisotopic (exact) mass is 484 g/mol. The second-order valence-corrected chi connectivity index (χ2v) is 6.21. The molecule has 0 fully saturated rings. The van der Waals surface area contributed by atoms with Gasteiger partial charge in [0, 0.05) is 12.4 Å². The van der Waals surface area contributed by atoms with Crippen molar-refractivity contribution in [3.05, 3.63) is 54.9 Å². The summed E-state index contributed by atoms with van der Waals surface area (Å²) in [5, 5.41) is 9.02. The fourth-order valence-electron chi connectivity index (χ4n) is 1.23. The molecule has 0 aliphatic carbocycles. The molecule has 0 radical (unpaired) electrons. The molecule has 10 heteroatoms. The van der Waals surface area contributed by atoms with E-state index in [1.807, 2.05) is 0 Å². The Morgan fingerprint density at radius 2 is 1.48 bits per heavy atom. The summed E-state index contributed by atoms with van der Waals surface area (Å²) in [6.07, 6.45) is 2.56. The molecule has 0 aromatic carbocycles. The lowest BCUT2D eigenvalue weighted by atomic mass is 10.3. The maximum atomic E-state index is 11.0. The minimum atomic E-state index is -1.07. The Labute approximate surface area is 158 Å². The smallest absolute Gasteiger partial charge is 0.340 e. The van der Waals surface area contributed by atoms with Crippen molar-refractivity contribution < 1.29 is 19.4 Å². The first-order valence-corrected chi connectivity index (χ1v) is 8.04. The highest BCUT2D eigenvalue weighted by atomic mass is 79.9.